The normalized spacial score (nSPS) is 33.8. The molecule has 0 aromatic heterocycles. The van der Waals surface area contributed by atoms with E-state index in [1.54, 1.807) is 0 Å². The molecule has 0 bridgehead atoms. The van der Waals surface area contributed by atoms with Crippen LogP contribution in [0.5, 0.6) is 0 Å². The summed E-state index contributed by atoms with van der Waals surface area (Å²) in [6.45, 7) is -10.2. The van der Waals surface area contributed by atoms with Crippen LogP contribution in [0.4, 0.5) is 14.5 Å². The minimum atomic E-state index is -3.53. The maximum Gasteiger partial charge on any atom is 0.255 e. The molecule has 0 radical (unpaired) electrons. The molecule has 30 heavy (non-hydrogen) atoms. The number of nitrogens with zero attached hydrogens (tertiary/aromatic N) is 3. The Morgan fingerprint density at radius 3 is 2.40 bits per heavy atom. The highest BCUT2D eigenvalue weighted by atomic mass is 19.1. The molecule has 4 rings (SSSR count). The van der Waals surface area contributed by atoms with E-state index in [0.29, 0.717) is 11.0 Å². The van der Waals surface area contributed by atoms with Gasteiger partial charge >= 0.3 is 0 Å². The van der Waals surface area contributed by atoms with Gasteiger partial charge in [0.25, 0.3) is 5.91 Å². The third-order valence-corrected chi connectivity index (χ3v) is 5.14. The second-order valence-corrected chi connectivity index (χ2v) is 8.24. The van der Waals surface area contributed by atoms with E-state index < -0.39 is 90.3 Å². The molecule has 9 heteroatoms. The van der Waals surface area contributed by atoms with Gasteiger partial charge < -0.3 is 9.80 Å². The van der Waals surface area contributed by atoms with E-state index in [1.165, 1.54) is 20.8 Å². The molecule has 1 aromatic rings. The van der Waals surface area contributed by atoms with Crippen LogP contribution in [-0.2, 0) is 16.1 Å². The standard InChI is InChI=1S/C21H26F2N4O3/c1-21(2,3)26-8-6-25(7-9-26)18-14(22)10-12-13(17(18)23)11-27(20(12)30)15-4-5-16(28)24-19(15)29/h10,15H,4-9,11H2,1-3H3,(H,24,28,29)/t15-/m1/s1/i6D2,7D2,8D2,9D2. The lowest BCUT2D eigenvalue weighted by molar-refractivity contribution is -0.136. The molecule has 0 unspecified atom stereocenters. The highest BCUT2D eigenvalue weighted by molar-refractivity contribution is 6.05. The fourth-order valence-electron chi connectivity index (χ4n) is 3.53. The van der Waals surface area contributed by atoms with Crippen LogP contribution in [-0.4, -0.2) is 65.1 Å². The summed E-state index contributed by atoms with van der Waals surface area (Å²) >= 11 is 0. The molecule has 3 aliphatic heterocycles. The molecule has 1 N–H and O–H groups in total. The van der Waals surface area contributed by atoms with Gasteiger partial charge in [-0.1, -0.05) is 0 Å². The number of carbonyl (C=O) groups is 3. The summed E-state index contributed by atoms with van der Waals surface area (Å²) in [6, 6.07) is -0.634. The van der Waals surface area contributed by atoms with Crippen molar-refractivity contribution in [1.29, 1.82) is 0 Å². The van der Waals surface area contributed by atoms with Gasteiger partial charge in [0.2, 0.25) is 11.8 Å². The maximum atomic E-state index is 16.0. The van der Waals surface area contributed by atoms with Crippen molar-refractivity contribution < 1.29 is 34.1 Å². The number of imide groups is 1. The van der Waals surface area contributed by atoms with Gasteiger partial charge in [0, 0.05) is 49.0 Å². The molecule has 7 nitrogen and oxygen atoms in total. The predicted octanol–water partition coefficient (Wildman–Crippen LogP) is 1.65. The summed E-state index contributed by atoms with van der Waals surface area (Å²) in [4.78, 5) is 37.8. The number of anilines is 1. The van der Waals surface area contributed by atoms with Gasteiger partial charge in [-0.25, -0.2) is 8.78 Å². The number of piperazine rings is 1. The third kappa shape index (κ3) is 3.45. The monoisotopic (exact) mass is 428 g/mol. The van der Waals surface area contributed by atoms with Crippen molar-refractivity contribution in [3.05, 3.63) is 28.8 Å². The summed E-state index contributed by atoms with van der Waals surface area (Å²) in [5.41, 5.74) is -3.86. The molecular weight excluding hydrogens is 394 g/mol. The molecule has 0 aliphatic carbocycles. The summed E-state index contributed by atoms with van der Waals surface area (Å²) in [6.07, 6.45) is -0.164. The quantitative estimate of drug-likeness (QED) is 0.726. The Kier molecular flexibility index (Phi) is 3.16. The number of benzene rings is 1. The Morgan fingerprint density at radius 2 is 1.80 bits per heavy atom. The molecule has 1 aromatic carbocycles. The number of amides is 3. The second kappa shape index (κ2) is 7.30. The van der Waals surface area contributed by atoms with Crippen LogP contribution in [0.25, 0.3) is 0 Å². The number of piperidine rings is 1. The van der Waals surface area contributed by atoms with Gasteiger partial charge in [0.1, 0.15) is 17.5 Å². The zero-order valence-electron chi connectivity index (χ0n) is 24.6. The highest BCUT2D eigenvalue weighted by Crippen LogP contribution is 2.36. The van der Waals surface area contributed by atoms with E-state index in [0.717, 1.165) is 4.90 Å². The lowest BCUT2D eigenvalue weighted by Crippen LogP contribution is -2.53. The van der Waals surface area contributed by atoms with E-state index in [4.69, 9.17) is 11.0 Å². The number of carbonyl (C=O) groups excluding carboxylic acids is 3. The summed E-state index contributed by atoms with van der Waals surface area (Å²) in [5.74, 6) is -5.52. The van der Waals surface area contributed by atoms with E-state index in [-0.39, 0.29) is 17.7 Å². The number of rotatable bonds is 2. The minimum absolute atomic E-state index is 0.0678. The summed E-state index contributed by atoms with van der Waals surface area (Å²) in [5, 5.41) is 2.06. The SMILES string of the molecule is [2H]C1([2H])N(c2c(F)cc3c(c2F)CN([C@@H]2CCC(=O)NC2=O)C3=O)C([2H])([2H])C([2H])([2H])N(C(C)(C)C)C1([2H])[2H]. The number of hydrogen-bond donors (Lipinski definition) is 1. The van der Waals surface area contributed by atoms with Gasteiger partial charge in [-0.05, 0) is 33.3 Å². The third-order valence-electron chi connectivity index (χ3n) is 5.14. The fraction of sp³-hybridized carbons (Fsp3) is 0.571. The molecule has 2 saturated heterocycles. The van der Waals surface area contributed by atoms with Crippen LogP contribution >= 0.6 is 0 Å². The maximum absolute atomic E-state index is 16.0. The molecule has 0 saturated carbocycles. The number of fused-ring (bicyclic) bond motifs is 1. The molecule has 2 fully saturated rings. The molecule has 3 amide bonds. The first-order valence-corrected chi connectivity index (χ1v) is 9.36. The van der Waals surface area contributed by atoms with Crippen molar-refractivity contribution in [2.75, 3.05) is 30.9 Å². The van der Waals surface area contributed by atoms with Crippen LogP contribution in [0.2, 0.25) is 0 Å². The van der Waals surface area contributed by atoms with Crippen molar-refractivity contribution in [3.63, 3.8) is 0 Å². The fourth-order valence-corrected chi connectivity index (χ4v) is 3.53. The minimum Gasteiger partial charge on any atom is -0.364 e. The van der Waals surface area contributed by atoms with E-state index >= 15 is 8.78 Å². The first-order valence-electron chi connectivity index (χ1n) is 13.4. The van der Waals surface area contributed by atoms with Crippen molar-refractivity contribution in [2.24, 2.45) is 0 Å². The Labute approximate surface area is 185 Å². The first-order chi connectivity index (χ1) is 17.1. The number of hydrogen-bond acceptors (Lipinski definition) is 5. The average molecular weight is 429 g/mol. The first kappa shape index (κ1) is 13.0. The Hall–Kier alpha value is -2.55. The Morgan fingerprint density at radius 1 is 1.13 bits per heavy atom. The molecule has 1 atom stereocenters. The van der Waals surface area contributed by atoms with Crippen molar-refractivity contribution in [3.8, 4) is 0 Å². The lowest BCUT2D eigenvalue weighted by atomic mass is 10.0. The van der Waals surface area contributed by atoms with Gasteiger partial charge in [-0.15, -0.1) is 0 Å². The molecule has 3 aliphatic rings. The van der Waals surface area contributed by atoms with E-state index in [9.17, 15) is 14.4 Å². The number of halogens is 2. The Bertz CT molecular complexity index is 1230. The molecular formula is C21H26F2N4O3. The summed E-state index contributed by atoms with van der Waals surface area (Å²) < 4.78 is 99.5. The van der Waals surface area contributed by atoms with E-state index in [2.05, 4.69) is 5.32 Å². The van der Waals surface area contributed by atoms with Crippen molar-refractivity contribution in [2.45, 2.75) is 51.7 Å². The largest absolute Gasteiger partial charge is 0.364 e. The van der Waals surface area contributed by atoms with Crippen LogP contribution in [0.15, 0.2) is 6.07 Å². The van der Waals surface area contributed by atoms with Crippen LogP contribution in [0.3, 0.4) is 0 Å². The zero-order chi connectivity index (χ0) is 29.0. The van der Waals surface area contributed by atoms with Gasteiger partial charge in [-0.3, -0.25) is 24.6 Å². The highest BCUT2D eigenvalue weighted by Gasteiger charge is 2.42. The van der Waals surface area contributed by atoms with Gasteiger partial charge in [-0.2, -0.15) is 0 Å². The smallest absolute Gasteiger partial charge is 0.255 e. The molecule has 3 heterocycles. The Balaban J connectivity index is 1.87. The number of nitrogens with one attached hydrogen (secondary N) is 1. The molecule has 0 spiro atoms. The lowest BCUT2D eigenvalue weighted by Gasteiger charge is -2.43. The van der Waals surface area contributed by atoms with E-state index in [1.807, 2.05) is 0 Å². The topological polar surface area (TPSA) is 73.0 Å². The summed E-state index contributed by atoms with van der Waals surface area (Å²) in [7, 11) is 0. The van der Waals surface area contributed by atoms with Crippen molar-refractivity contribution in [1.82, 2.24) is 15.1 Å². The van der Waals surface area contributed by atoms with Crippen LogP contribution in [0, 0.1) is 11.6 Å². The van der Waals surface area contributed by atoms with Crippen LogP contribution < -0.4 is 10.2 Å². The predicted molar refractivity (Wildman–Crippen MR) is 106 cm³/mol. The van der Waals surface area contributed by atoms with Crippen LogP contribution in [0.1, 0.15) is 60.5 Å². The van der Waals surface area contributed by atoms with Gasteiger partial charge in [0.15, 0.2) is 5.82 Å². The average Bonchev–Trinajstić information content (AvgIpc) is 3.04. The zero-order valence-corrected chi connectivity index (χ0v) is 16.6. The van der Waals surface area contributed by atoms with Crippen molar-refractivity contribution >= 4 is 23.4 Å². The molecule has 162 valence electrons. The van der Waals surface area contributed by atoms with Gasteiger partial charge in [0.05, 0.1) is 17.6 Å². The second-order valence-electron chi connectivity index (χ2n) is 8.24.